The molecule has 2 aliphatic rings. The van der Waals surface area contributed by atoms with E-state index in [-0.39, 0.29) is 11.3 Å². The fraction of sp³-hybridized carbons (Fsp3) is 0.933. The molecule has 19 heavy (non-hydrogen) atoms. The van der Waals surface area contributed by atoms with Gasteiger partial charge in [-0.15, -0.1) is 0 Å². The molecule has 2 unspecified atom stereocenters. The summed E-state index contributed by atoms with van der Waals surface area (Å²) >= 11 is 1.93. The molecule has 2 fully saturated rings. The first-order chi connectivity index (χ1) is 9.17. The lowest BCUT2D eigenvalue weighted by Crippen LogP contribution is -2.41. The number of thioether (sulfide) groups is 1. The smallest absolute Gasteiger partial charge is 0.220 e. The summed E-state index contributed by atoms with van der Waals surface area (Å²) in [7, 11) is 0. The van der Waals surface area contributed by atoms with Gasteiger partial charge in [0.1, 0.15) is 0 Å². The van der Waals surface area contributed by atoms with Crippen LogP contribution in [0.15, 0.2) is 0 Å². The van der Waals surface area contributed by atoms with Gasteiger partial charge in [-0.05, 0) is 50.3 Å². The molecule has 0 saturated heterocycles. The molecule has 110 valence electrons. The van der Waals surface area contributed by atoms with Gasteiger partial charge in [0.25, 0.3) is 0 Å². The highest BCUT2D eigenvalue weighted by molar-refractivity contribution is 7.99. The average Bonchev–Trinajstić information content (AvgIpc) is 2.87. The summed E-state index contributed by atoms with van der Waals surface area (Å²) in [5.74, 6) is 0.235. The molecule has 0 aromatic carbocycles. The first-order valence-electron chi connectivity index (χ1n) is 7.70. The maximum Gasteiger partial charge on any atom is 0.220 e. The number of hydrogen-bond acceptors (Lipinski definition) is 3. The fourth-order valence-electron chi connectivity index (χ4n) is 3.66. The summed E-state index contributed by atoms with van der Waals surface area (Å²) < 4.78 is 0. The fourth-order valence-corrected chi connectivity index (χ4v) is 4.46. The number of carbonyl (C=O) groups is 1. The maximum absolute atomic E-state index is 12.3. The van der Waals surface area contributed by atoms with Crippen LogP contribution in [0, 0.1) is 5.41 Å². The molecule has 2 rings (SSSR count). The first kappa shape index (κ1) is 15.2. The molecular weight excluding hydrogens is 256 g/mol. The van der Waals surface area contributed by atoms with Crippen molar-refractivity contribution >= 4 is 17.7 Å². The summed E-state index contributed by atoms with van der Waals surface area (Å²) in [4.78, 5) is 12.3. The van der Waals surface area contributed by atoms with Crippen molar-refractivity contribution in [3.63, 3.8) is 0 Å². The van der Waals surface area contributed by atoms with Crippen molar-refractivity contribution in [1.29, 1.82) is 0 Å². The van der Waals surface area contributed by atoms with Crippen molar-refractivity contribution in [3.05, 3.63) is 0 Å². The number of nitrogens with one attached hydrogen (secondary N) is 1. The van der Waals surface area contributed by atoms with Crippen LogP contribution in [0.2, 0.25) is 0 Å². The minimum absolute atomic E-state index is 0.0971. The van der Waals surface area contributed by atoms with Crippen LogP contribution in [-0.4, -0.2) is 30.0 Å². The Morgan fingerprint density at radius 1 is 1.32 bits per heavy atom. The lowest BCUT2D eigenvalue weighted by Gasteiger charge is -2.36. The van der Waals surface area contributed by atoms with Gasteiger partial charge in [0.2, 0.25) is 5.91 Å². The van der Waals surface area contributed by atoms with Gasteiger partial charge < -0.3 is 11.1 Å². The minimum atomic E-state index is 0.0971. The van der Waals surface area contributed by atoms with E-state index in [9.17, 15) is 4.79 Å². The highest BCUT2D eigenvalue weighted by atomic mass is 32.2. The van der Waals surface area contributed by atoms with Crippen LogP contribution in [-0.2, 0) is 4.79 Å². The zero-order valence-electron chi connectivity index (χ0n) is 12.1. The van der Waals surface area contributed by atoms with E-state index in [2.05, 4.69) is 11.6 Å². The second-order valence-corrected chi connectivity index (χ2v) is 7.51. The largest absolute Gasteiger partial charge is 0.353 e. The summed E-state index contributed by atoms with van der Waals surface area (Å²) in [5, 5.41) is 3.98. The van der Waals surface area contributed by atoms with Crippen LogP contribution < -0.4 is 11.1 Å². The van der Waals surface area contributed by atoms with Gasteiger partial charge in [0.05, 0.1) is 0 Å². The Morgan fingerprint density at radius 3 is 2.63 bits per heavy atom. The second kappa shape index (κ2) is 6.98. The Labute approximate surface area is 121 Å². The van der Waals surface area contributed by atoms with E-state index in [0.717, 1.165) is 30.9 Å². The zero-order chi connectivity index (χ0) is 13.7. The molecule has 2 aliphatic carbocycles. The molecular formula is C15H28N2OS. The van der Waals surface area contributed by atoms with Crippen molar-refractivity contribution in [1.82, 2.24) is 5.32 Å². The molecule has 0 radical (unpaired) electrons. The van der Waals surface area contributed by atoms with Crippen molar-refractivity contribution < 1.29 is 4.79 Å². The molecule has 0 bridgehead atoms. The van der Waals surface area contributed by atoms with E-state index in [0.29, 0.717) is 19.0 Å². The predicted molar refractivity (Wildman–Crippen MR) is 82.3 cm³/mol. The second-order valence-electron chi connectivity index (χ2n) is 6.38. The van der Waals surface area contributed by atoms with Crippen molar-refractivity contribution in [2.24, 2.45) is 11.1 Å². The van der Waals surface area contributed by atoms with Crippen LogP contribution in [0.3, 0.4) is 0 Å². The van der Waals surface area contributed by atoms with E-state index < -0.39 is 0 Å². The van der Waals surface area contributed by atoms with E-state index in [4.69, 9.17) is 5.73 Å². The molecule has 3 N–H and O–H groups in total. The van der Waals surface area contributed by atoms with E-state index in [1.807, 2.05) is 11.8 Å². The topological polar surface area (TPSA) is 55.1 Å². The molecule has 3 nitrogen and oxygen atoms in total. The Balaban J connectivity index is 1.80. The van der Waals surface area contributed by atoms with Gasteiger partial charge in [-0.2, -0.15) is 11.8 Å². The van der Waals surface area contributed by atoms with Crippen LogP contribution in [0.25, 0.3) is 0 Å². The van der Waals surface area contributed by atoms with Crippen LogP contribution in [0.4, 0.5) is 0 Å². The van der Waals surface area contributed by atoms with Gasteiger partial charge >= 0.3 is 0 Å². The molecule has 2 saturated carbocycles. The summed E-state index contributed by atoms with van der Waals surface area (Å²) in [5.41, 5.74) is 6.05. The number of carbonyl (C=O) groups excluding carboxylic acids is 1. The third-order valence-corrected chi connectivity index (χ3v) is 6.06. The third-order valence-electron chi connectivity index (χ3n) is 4.97. The quantitative estimate of drug-likeness (QED) is 0.816. The highest BCUT2D eigenvalue weighted by Gasteiger charge is 2.34. The van der Waals surface area contributed by atoms with Gasteiger partial charge in [0, 0.05) is 17.7 Å². The predicted octanol–water partition coefficient (Wildman–Crippen LogP) is 2.69. The lowest BCUT2D eigenvalue weighted by atomic mass is 9.71. The normalized spacial score (nSPS) is 30.2. The van der Waals surface area contributed by atoms with Gasteiger partial charge in [-0.1, -0.05) is 19.3 Å². The van der Waals surface area contributed by atoms with Crippen molar-refractivity contribution in [2.45, 2.75) is 69.1 Å². The van der Waals surface area contributed by atoms with Crippen LogP contribution in [0.1, 0.15) is 57.8 Å². The first-order valence-corrected chi connectivity index (χ1v) is 8.98. The average molecular weight is 284 g/mol. The minimum Gasteiger partial charge on any atom is -0.353 e. The molecule has 0 heterocycles. The number of rotatable bonds is 5. The molecule has 0 aromatic rings. The molecule has 4 heteroatoms. The molecule has 0 aromatic heterocycles. The van der Waals surface area contributed by atoms with Gasteiger partial charge in [-0.25, -0.2) is 0 Å². The summed E-state index contributed by atoms with van der Waals surface area (Å²) in [6.07, 6.45) is 12.4. The summed E-state index contributed by atoms with van der Waals surface area (Å²) in [6.45, 7) is 0.665. The third kappa shape index (κ3) is 4.12. The van der Waals surface area contributed by atoms with Gasteiger partial charge in [-0.3, -0.25) is 4.79 Å². The summed E-state index contributed by atoms with van der Waals surface area (Å²) in [6, 6.07) is 0.406. The van der Waals surface area contributed by atoms with Crippen LogP contribution in [0.5, 0.6) is 0 Å². The maximum atomic E-state index is 12.3. The Bertz CT molecular complexity index is 303. The number of amides is 1. The van der Waals surface area contributed by atoms with E-state index in [1.54, 1.807) is 0 Å². The van der Waals surface area contributed by atoms with E-state index in [1.165, 1.54) is 25.7 Å². The molecule has 2 atom stereocenters. The van der Waals surface area contributed by atoms with Crippen molar-refractivity contribution in [2.75, 3.05) is 12.8 Å². The molecule has 1 amide bonds. The number of nitrogens with two attached hydrogens (primary N) is 1. The van der Waals surface area contributed by atoms with Crippen molar-refractivity contribution in [3.8, 4) is 0 Å². The van der Waals surface area contributed by atoms with E-state index >= 15 is 0 Å². The SMILES string of the molecule is CSC1CCC(NC(=O)CC2(CN)CCCCC2)C1. The number of hydrogen-bond donors (Lipinski definition) is 2. The Hall–Kier alpha value is -0.220. The monoisotopic (exact) mass is 284 g/mol. The standard InChI is InChI=1S/C15H28N2OS/c1-19-13-6-5-12(9-13)17-14(18)10-15(11-16)7-3-2-4-8-15/h12-13H,2-11,16H2,1H3,(H,17,18). The highest BCUT2D eigenvalue weighted by Crippen LogP contribution is 2.38. The van der Waals surface area contributed by atoms with Crippen LogP contribution >= 0.6 is 11.8 Å². The molecule has 0 aliphatic heterocycles. The Morgan fingerprint density at radius 2 is 2.05 bits per heavy atom. The Kier molecular flexibility index (Phi) is 5.58. The molecule has 0 spiro atoms. The lowest BCUT2D eigenvalue weighted by molar-refractivity contribution is -0.124. The zero-order valence-corrected chi connectivity index (χ0v) is 12.9. The van der Waals surface area contributed by atoms with Gasteiger partial charge in [0.15, 0.2) is 0 Å².